The molecule has 0 unspecified atom stereocenters. The van der Waals surface area contributed by atoms with Gasteiger partial charge in [0, 0.05) is 91.9 Å². The van der Waals surface area contributed by atoms with Crippen LogP contribution in [-0.4, -0.2) is 4.57 Å². The monoisotopic (exact) mass is 1180 g/mol. The van der Waals surface area contributed by atoms with E-state index in [-0.39, 0.29) is 21.7 Å². The second-order valence-electron chi connectivity index (χ2n) is 27.9. The van der Waals surface area contributed by atoms with E-state index in [1.807, 2.05) is 22.7 Å². The topological polar surface area (TPSA) is 14.7 Å². The molecule has 0 aliphatic rings. The summed E-state index contributed by atoms with van der Waals surface area (Å²) in [4.78, 5) is 7.42. The number of aromatic nitrogens is 1. The van der Waals surface area contributed by atoms with Crippen LogP contribution in [0.1, 0.15) is 105 Å². The molecule has 6 heteroatoms. The average molecular weight is 1180 g/mol. The molecule has 14 aromatic rings. The van der Waals surface area contributed by atoms with Gasteiger partial charge in [-0.15, -0.1) is 22.7 Å². The maximum absolute atomic E-state index is 2.60. The van der Waals surface area contributed by atoms with Gasteiger partial charge in [-0.2, -0.15) is 0 Å². The summed E-state index contributed by atoms with van der Waals surface area (Å²) in [6.07, 6.45) is 0. The number of hydrogen-bond acceptors (Lipinski definition) is 5. The number of rotatable bonds is 10. The van der Waals surface area contributed by atoms with E-state index < -0.39 is 0 Å². The van der Waals surface area contributed by atoms with Crippen LogP contribution in [-0.2, 0) is 21.7 Å². The summed E-state index contributed by atoms with van der Waals surface area (Å²) in [5.74, 6) is 0. The summed E-state index contributed by atoms with van der Waals surface area (Å²) < 4.78 is 7.64. The van der Waals surface area contributed by atoms with E-state index in [0.29, 0.717) is 0 Å². The number of nitrogens with zero attached hydrogens (tertiary/aromatic N) is 4. The minimum absolute atomic E-state index is 0.0107. The minimum Gasteiger partial charge on any atom is -0.311 e. The lowest BCUT2D eigenvalue weighted by molar-refractivity contribution is 0.590. The third-order valence-electron chi connectivity index (χ3n) is 17.8. The molecule has 0 atom stereocenters. The Bertz CT molecular complexity index is 4730. The first-order valence-electron chi connectivity index (χ1n) is 31.0. The molecule has 0 amide bonds. The standard InChI is InChI=1S/C82H76N4S2/c1-79(2,3)53-31-39-60(40-32-53)84(61-41-33-54(34-42-61)80(4,5)6)67-51-69-76(78-73(67)65-27-19-21-29-71(65)88-78)75-68(86(69)64-49-47-59(48-50-64)83(57-23-15-13-16-24-57)58-25-17-14-18-26-58)52-70(77-74(75)66-28-20-22-30-72(66)87-77)85(62-43-35-55(36-44-62)81(7,8)9)63-45-37-56(38-46-63)82(10,11)12/h13-52H,1-12H3. The number of thiophene rings is 2. The summed E-state index contributed by atoms with van der Waals surface area (Å²) in [6.45, 7) is 27.6. The molecule has 14 rings (SSSR count). The predicted octanol–water partition coefficient (Wildman–Crippen LogP) is 25.1. The Kier molecular flexibility index (Phi) is 13.8. The first-order valence-corrected chi connectivity index (χ1v) is 32.6. The maximum Gasteiger partial charge on any atom is 0.0661 e. The Morgan fingerprint density at radius 1 is 0.273 bits per heavy atom. The lowest BCUT2D eigenvalue weighted by Crippen LogP contribution is -2.14. The molecule has 0 fully saturated rings. The Morgan fingerprint density at radius 2 is 0.591 bits per heavy atom. The molecular weight excluding hydrogens is 1110 g/mol. The lowest BCUT2D eigenvalue weighted by Gasteiger charge is -2.29. The van der Waals surface area contributed by atoms with E-state index in [0.717, 1.165) is 67.9 Å². The van der Waals surface area contributed by atoms with Crippen LogP contribution in [0.4, 0.5) is 51.2 Å². The molecule has 11 aromatic carbocycles. The maximum atomic E-state index is 2.60. The van der Waals surface area contributed by atoms with Crippen LogP contribution in [0.5, 0.6) is 0 Å². The summed E-state index contributed by atoms with van der Waals surface area (Å²) >= 11 is 3.83. The van der Waals surface area contributed by atoms with Gasteiger partial charge in [0.1, 0.15) is 0 Å². The average Bonchev–Trinajstić information content (AvgIpc) is 1.53. The highest BCUT2D eigenvalue weighted by molar-refractivity contribution is 7.27. The molecule has 4 nitrogen and oxygen atoms in total. The van der Waals surface area contributed by atoms with E-state index in [9.17, 15) is 0 Å². The van der Waals surface area contributed by atoms with Crippen LogP contribution in [0.2, 0.25) is 0 Å². The Hall–Kier alpha value is -8.94. The van der Waals surface area contributed by atoms with Crippen LogP contribution in [0.25, 0.3) is 67.8 Å². The largest absolute Gasteiger partial charge is 0.311 e. The smallest absolute Gasteiger partial charge is 0.0661 e. The van der Waals surface area contributed by atoms with E-state index in [4.69, 9.17) is 0 Å². The molecular formula is C82H76N4S2. The lowest BCUT2D eigenvalue weighted by atomic mass is 9.86. The van der Waals surface area contributed by atoms with Crippen LogP contribution >= 0.6 is 22.7 Å². The molecule has 0 aliphatic carbocycles. The SMILES string of the molecule is CC(C)(C)c1ccc(N(c2ccc(C(C)(C)C)cc2)c2cc3c(c4c2sc2ccccc24)c2c4sc5ccccc5c4c(N(c4ccc(C(C)(C)C)cc4)c4ccc(C(C)(C)C)cc4)cc2n3-c2ccc(N(c3ccccc3)c3ccccc3)cc2)cc1. The highest BCUT2D eigenvalue weighted by atomic mass is 32.1. The molecule has 0 radical (unpaired) electrons. The van der Waals surface area contributed by atoms with Gasteiger partial charge in [-0.05, 0) is 165 Å². The van der Waals surface area contributed by atoms with Gasteiger partial charge in [-0.1, -0.05) is 204 Å². The van der Waals surface area contributed by atoms with Gasteiger partial charge < -0.3 is 19.3 Å². The number of hydrogen-bond donors (Lipinski definition) is 0. The Balaban J connectivity index is 1.14. The zero-order valence-electron chi connectivity index (χ0n) is 52.7. The normalized spacial score (nSPS) is 12.5. The van der Waals surface area contributed by atoms with Crippen molar-refractivity contribution in [3.05, 3.63) is 265 Å². The van der Waals surface area contributed by atoms with E-state index >= 15 is 0 Å². The van der Waals surface area contributed by atoms with Crippen molar-refractivity contribution < 1.29 is 0 Å². The predicted molar refractivity (Wildman–Crippen MR) is 385 cm³/mol. The molecule has 0 saturated carbocycles. The van der Waals surface area contributed by atoms with Crippen molar-refractivity contribution in [2.45, 2.75) is 105 Å². The van der Waals surface area contributed by atoms with Gasteiger partial charge in [-0.3, -0.25) is 0 Å². The molecule has 0 bridgehead atoms. The summed E-state index contributed by atoms with van der Waals surface area (Å²) in [6, 6.07) is 91.4. The van der Waals surface area contributed by atoms with Crippen molar-refractivity contribution in [1.29, 1.82) is 0 Å². The molecule has 0 saturated heterocycles. The van der Waals surface area contributed by atoms with Gasteiger partial charge in [0.15, 0.2) is 0 Å². The van der Waals surface area contributed by atoms with E-state index in [1.165, 1.54) is 73.4 Å². The van der Waals surface area contributed by atoms with Crippen LogP contribution in [0.15, 0.2) is 243 Å². The van der Waals surface area contributed by atoms with Crippen LogP contribution < -0.4 is 14.7 Å². The number of fused-ring (bicyclic) bond motifs is 11. The van der Waals surface area contributed by atoms with Crippen molar-refractivity contribution in [3.8, 4) is 5.69 Å². The Morgan fingerprint density at radius 3 is 1.01 bits per heavy atom. The van der Waals surface area contributed by atoms with Crippen molar-refractivity contribution in [2.24, 2.45) is 0 Å². The van der Waals surface area contributed by atoms with Crippen molar-refractivity contribution in [2.75, 3.05) is 14.7 Å². The number of para-hydroxylation sites is 2. The molecule has 88 heavy (non-hydrogen) atoms. The Labute approximate surface area is 527 Å². The van der Waals surface area contributed by atoms with Crippen molar-refractivity contribution in [3.63, 3.8) is 0 Å². The molecule has 436 valence electrons. The van der Waals surface area contributed by atoms with Gasteiger partial charge in [0.05, 0.1) is 27.1 Å². The summed E-state index contributed by atoms with van der Waals surface area (Å²) in [5, 5.41) is 7.55. The van der Waals surface area contributed by atoms with Crippen LogP contribution in [0, 0.1) is 0 Å². The van der Waals surface area contributed by atoms with Gasteiger partial charge in [0.2, 0.25) is 0 Å². The fourth-order valence-electron chi connectivity index (χ4n) is 13.0. The van der Waals surface area contributed by atoms with Gasteiger partial charge in [0.25, 0.3) is 0 Å². The van der Waals surface area contributed by atoms with Crippen LogP contribution in [0.3, 0.4) is 0 Å². The molecule has 0 spiro atoms. The fourth-order valence-corrected chi connectivity index (χ4v) is 15.5. The quantitative estimate of drug-likeness (QED) is 0.136. The van der Waals surface area contributed by atoms with E-state index in [1.54, 1.807) is 0 Å². The number of anilines is 9. The summed E-state index contributed by atoms with van der Waals surface area (Å²) in [5.41, 5.74) is 18.5. The van der Waals surface area contributed by atoms with Crippen molar-refractivity contribution >= 4 is 136 Å². The zero-order chi connectivity index (χ0) is 61.0. The van der Waals surface area contributed by atoms with Gasteiger partial charge >= 0.3 is 0 Å². The molecule has 3 heterocycles. The van der Waals surface area contributed by atoms with Crippen molar-refractivity contribution in [1.82, 2.24) is 4.57 Å². The van der Waals surface area contributed by atoms with Gasteiger partial charge in [-0.25, -0.2) is 0 Å². The fraction of sp³-hybridized carbons (Fsp3) is 0.195. The minimum atomic E-state index is -0.0134. The number of benzene rings is 11. The highest BCUT2D eigenvalue weighted by Gasteiger charge is 2.31. The molecule has 3 aromatic heterocycles. The molecule has 0 aliphatic heterocycles. The molecule has 0 N–H and O–H groups in total. The first kappa shape index (κ1) is 56.8. The third kappa shape index (κ3) is 10.0. The highest BCUT2D eigenvalue weighted by Crippen LogP contribution is 2.56. The zero-order valence-corrected chi connectivity index (χ0v) is 54.3. The van der Waals surface area contributed by atoms with E-state index in [2.05, 4.69) is 345 Å². The first-order chi connectivity index (χ1) is 42.2. The second-order valence-corrected chi connectivity index (χ2v) is 30.0. The summed E-state index contributed by atoms with van der Waals surface area (Å²) in [7, 11) is 0. The second kappa shape index (κ2) is 21.4. The third-order valence-corrected chi connectivity index (χ3v) is 20.2.